The largest absolute Gasteiger partial charge is 0.356 e. The maximum Gasteiger partial charge on any atom is 0.274 e. The Morgan fingerprint density at radius 2 is 2.08 bits per heavy atom. The summed E-state index contributed by atoms with van der Waals surface area (Å²) < 4.78 is 23.3. The molecule has 1 aromatic heterocycles. The average molecular weight is 360 g/mol. The number of aryl methyl sites for hydroxylation is 1. The predicted molar refractivity (Wildman–Crippen MR) is 96.6 cm³/mol. The maximum atomic E-state index is 12.4. The molecule has 3 rings (SSSR count). The van der Waals surface area contributed by atoms with Crippen LogP contribution in [0.5, 0.6) is 0 Å². The molecular weight excluding hydrogens is 340 g/mol. The Hall–Kier alpha value is -2.48. The smallest absolute Gasteiger partial charge is 0.274 e. The van der Waals surface area contributed by atoms with Crippen molar-refractivity contribution in [1.82, 2.24) is 9.97 Å². The SMILES string of the molecule is Cc1cccc(NC(=O)c2cc(N(C)C3CCS(=O)(=O)C3)ncn2)c1. The van der Waals surface area contributed by atoms with Gasteiger partial charge in [-0.25, -0.2) is 18.4 Å². The number of rotatable bonds is 4. The van der Waals surface area contributed by atoms with Gasteiger partial charge in [0.05, 0.1) is 11.5 Å². The number of carbonyl (C=O) groups excluding carboxylic acids is 1. The zero-order valence-corrected chi connectivity index (χ0v) is 15.0. The standard InChI is InChI=1S/C17H20N4O3S/c1-12-4-3-5-13(8-12)20-17(22)15-9-16(19-11-18-15)21(2)14-6-7-25(23,24)10-14/h3-5,8-9,11,14H,6-7,10H2,1-2H3,(H,20,22). The summed E-state index contributed by atoms with van der Waals surface area (Å²) in [7, 11) is -1.20. The molecule has 0 spiro atoms. The van der Waals surface area contributed by atoms with Crippen molar-refractivity contribution in [2.24, 2.45) is 0 Å². The first-order chi connectivity index (χ1) is 11.8. The van der Waals surface area contributed by atoms with E-state index >= 15 is 0 Å². The van der Waals surface area contributed by atoms with Gasteiger partial charge < -0.3 is 10.2 Å². The van der Waals surface area contributed by atoms with Crippen LogP contribution < -0.4 is 10.2 Å². The molecule has 1 fully saturated rings. The quantitative estimate of drug-likeness (QED) is 0.891. The number of carbonyl (C=O) groups is 1. The lowest BCUT2D eigenvalue weighted by atomic mass is 10.2. The van der Waals surface area contributed by atoms with E-state index in [2.05, 4.69) is 15.3 Å². The van der Waals surface area contributed by atoms with Crippen LogP contribution in [-0.2, 0) is 9.84 Å². The van der Waals surface area contributed by atoms with Crippen molar-refractivity contribution in [3.8, 4) is 0 Å². The zero-order chi connectivity index (χ0) is 18.0. The second kappa shape index (κ2) is 6.79. The normalized spacial score (nSPS) is 18.7. The van der Waals surface area contributed by atoms with Gasteiger partial charge in [0.15, 0.2) is 9.84 Å². The van der Waals surface area contributed by atoms with Crippen molar-refractivity contribution < 1.29 is 13.2 Å². The van der Waals surface area contributed by atoms with E-state index in [1.165, 1.54) is 6.33 Å². The molecule has 7 nitrogen and oxygen atoms in total. The first-order valence-electron chi connectivity index (χ1n) is 7.97. The summed E-state index contributed by atoms with van der Waals surface area (Å²) >= 11 is 0. The molecule has 8 heteroatoms. The number of aromatic nitrogens is 2. The first-order valence-corrected chi connectivity index (χ1v) is 9.79. The van der Waals surface area contributed by atoms with E-state index in [1.54, 1.807) is 18.0 Å². The number of anilines is 2. The summed E-state index contributed by atoms with van der Waals surface area (Å²) in [4.78, 5) is 22.4. The lowest BCUT2D eigenvalue weighted by Gasteiger charge is -2.24. The maximum absolute atomic E-state index is 12.4. The minimum atomic E-state index is -2.98. The zero-order valence-electron chi connectivity index (χ0n) is 14.1. The third kappa shape index (κ3) is 4.14. The van der Waals surface area contributed by atoms with Gasteiger partial charge in [0.1, 0.15) is 17.8 Å². The predicted octanol–water partition coefficient (Wildman–Crippen LogP) is 1.66. The van der Waals surface area contributed by atoms with Crippen molar-refractivity contribution in [2.45, 2.75) is 19.4 Å². The summed E-state index contributed by atoms with van der Waals surface area (Å²) in [5.74, 6) is 0.500. The third-order valence-corrected chi connectivity index (χ3v) is 6.03. The molecule has 132 valence electrons. The number of hydrogen-bond acceptors (Lipinski definition) is 6. The van der Waals surface area contributed by atoms with Crippen LogP contribution in [0, 0.1) is 6.92 Å². The number of benzene rings is 1. The van der Waals surface area contributed by atoms with E-state index < -0.39 is 9.84 Å². The number of hydrogen-bond donors (Lipinski definition) is 1. The fourth-order valence-electron chi connectivity index (χ4n) is 2.85. The Bertz CT molecular complexity index is 898. The Morgan fingerprint density at radius 3 is 2.76 bits per heavy atom. The minimum absolute atomic E-state index is 0.109. The van der Waals surface area contributed by atoms with Crippen LogP contribution in [0.2, 0.25) is 0 Å². The molecule has 1 unspecified atom stereocenters. The van der Waals surface area contributed by atoms with Crippen molar-refractivity contribution in [2.75, 3.05) is 28.8 Å². The molecule has 0 radical (unpaired) electrons. The Labute approximate surface area is 147 Å². The van der Waals surface area contributed by atoms with Gasteiger partial charge in [-0.05, 0) is 31.0 Å². The van der Waals surface area contributed by atoms with Crippen molar-refractivity contribution in [3.05, 3.63) is 47.9 Å². The summed E-state index contributed by atoms with van der Waals surface area (Å²) in [6.07, 6.45) is 1.88. The fourth-order valence-corrected chi connectivity index (χ4v) is 4.62. The molecule has 25 heavy (non-hydrogen) atoms. The van der Waals surface area contributed by atoms with Gasteiger partial charge in [-0.1, -0.05) is 12.1 Å². The third-order valence-electron chi connectivity index (χ3n) is 4.28. The number of nitrogens with one attached hydrogen (secondary N) is 1. The van der Waals surface area contributed by atoms with Gasteiger partial charge in [-0.2, -0.15) is 0 Å². The molecule has 1 atom stereocenters. The lowest BCUT2D eigenvalue weighted by molar-refractivity contribution is 0.102. The van der Waals surface area contributed by atoms with Gasteiger partial charge in [-0.3, -0.25) is 4.79 Å². The van der Waals surface area contributed by atoms with Crippen molar-refractivity contribution in [3.63, 3.8) is 0 Å². The van der Waals surface area contributed by atoms with E-state index in [-0.39, 0.29) is 29.1 Å². The van der Waals surface area contributed by atoms with Crippen LogP contribution in [0.25, 0.3) is 0 Å². The van der Waals surface area contributed by atoms with Gasteiger partial charge in [-0.15, -0.1) is 0 Å². The minimum Gasteiger partial charge on any atom is -0.356 e. The van der Waals surface area contributed by atoms with Gasteiger partial charge in [0.25, 0.3) is 5.91 Å². The fraction of sp³-hybridized carbons (Fsp3) is 0.353. The molecule has 1 aliphatic heterocycles. The molecule has 1 N–H and O–H groups in total. The number of sulfone groups is 1. The van der Waals surface area contributed by atoms with Crippen LogP contribution in [0.15, 0.2) is 36.7 Å². The van der Waals surface area contributed by atoms with E-state index in [9.17, 15) is 13.2 Å². The topological polar surface area (TPSA) is 92.3 Å². The van der Waals surface area contributed by atoms with E-state index in [4.69, 9.17) is 0 Å². The Kier molecular flexibility index (Phi) is 4.71. The summed E-state index contributed by atoms with van der Waals surface area (Å²) in [5, 5.41) is 2.80. The summed E-state index contributed by atoms with van der Waals surface area (Å²) in [6.45, 7) is 1.95. The second-order valence-corrected chi connectivity index (χ2v) is 8.48. The van der Waals surface area contributed by atoms with E-state index in [1.807, 2.05) is 31.2 Å². The molecule has 1 aromatic carbocycles. The van der Waals surface area contributed by atoms with Crippen molar-refractivity contribution in [1.29, 1.82) is 0 Å². The van der Waals surface area contributed by atoms with Crippen LogP contribution in [0.3, 0.4) is 0 Å². The molecule has 1 saturated heterocycles. The van der Waals surface area contributed by atoms with Crippen LogP contribution in [0.1, 0.15) is 22.5 Å². The molecule has 2 heterocycles. The highest BCUT2D eigenvalue weighted by atomic mass is 32.2. The van der Waals surface area contributed by atoms with Crippen LogP contribution >= 0.6 is 0 Å². The Balaban J connectivity index is 1.76. The number of nitrogens with zero attached hydrogens (tertiary/aromatic N) is 3. The van der Waals surface area contributed by atoms with E-state index in [0.29, 0.717) is 17.9 Å². The molecule has 0 bridgehead atoms. The number of amides is 1. The summed E-state index contributed by atoms with van der Waals surface area (Å²) in [6, 6.07) is 8.94. The Morgan fingerprint density at radius 1 is 1.28 bits per heavy atom. The van der Waals surface area contributed by atoms with Gasteiger partial charge in [0.2, 0.25) is 0 Å². The highest BCUT2D eigenvalue weighted by molar-refractivity contribution is 7.91. The molecular formula is C17H20N4O3S. The molecule has 0 aliphatic carbocycles. The van der Waals surface area contributed by atoms with Crippen LogP contribution in [-0.4, -0.2) is 48.9 Å². The first kappa shape index (κ1) is 17.3. The molecule has 0 saturated carbocycles. The van der Waals surface area contributed by atoms with E-state index in [0.717, 1.165) is 5.56 Å². The van der Waals surface area contributed by atoms with Gasteiger partial charge >= 0.3 is 0 Å². The van der Waals surface area contributed by atoms with Crippen LogP contribution in [0.4, 0.5) is 11.5 Å². The highest BCUT2D eigenvalue weighted by Crippen LogP contribution is 2.21. The second-order valence-electron chi connectivity index (χ2n) is 6.25. The highest BCUT2D eigenvalue weighted by Gasteiger charge is 2.31. The monoisotopic (exact) mass is 360 g/mol. The van der Waals surface area contributed by atoms with Gasteiger partial charge in [0, 0.05) is 24.8 Å². The molecule has 1 aliphatic rings. The molecule has 2 aromatic rings. The van der Waals surface area contributed by atoms with Crippen molar-refractivity contribution >= 4 is 27.2 Å². The average Bonchev–Trinajstić information content (AvgIpc) is 2.94. The lowest BCUT2D eigenvalue weighted by Crippen LogP contribution is -2.33. The molecule has 1 amide bonds. The summed E-state index contributed by atoms with van der Waals surface area (Å²) in [5.41, 5.74) is 1.97.